The van der Waals surface area contributed by atoms with Crippen LogP contribution in [0.1, 0.15) is 12.5 Å². The molecule has 1 amide bonds. The highest BCUT2D eigenvalue weighted by Crippen LogP contribution is 2.14. The summed E-state index contributed by atoms with van der Waals surface area (Å²) in [6.07, 6.45) is 0. The zero-order valence-electron chi connectivity index (χ0n) is 11.4. The van der Waals surface area contributed by atoms with Gasteiger partial charge in [-0.05, 0) is 17.7 Å². The van der Waals surface area contributed by atoms with Crippen LogP contribution in [0.4, 0.5) is 5.69 Å². The number of amides is 1. The van der Waals surface area contributed by atoms with Crippen LogP contribution in [0.5, 0.6) is 0 Å². The van der Waals surface area contributed by atoms with Crippen LogP contribution in [0.25, 0.3) is 0 Å². The zero-order chi connectivity index (χ0) is 14.5. The number of hydrogen-bond acceptors (Lipinski definition) is 4. The molecule has 1 unspecified atom stereocenters. The highest BCUT2D eigenvalue weighted by atomic mass is 16.4. The lowest BCUT2D eigenvalue weighted by atomic mass is 10.1. The Kier molecular flexibility index (Phi) is 4.70. The van der Waals surface area contributed by atoms with Crippen molar-refractivity contribution in [2.75, 3.05) is 25.0 Å². The molecule has 108 valence electrons. The number of piperazine rings is 1. The number of aliphatic carboxylic acids is 1. The molecule has 6 nitrogen and oxygen atoms in total. The molecule has 0 aliphatic carbocycles. The molecular weight excluding hydrogens is 258 g/mol. The maximum Gasteiger partial charge on any atom is 0.322 e. The van der Waals surface area contributed by atoms with Crippen LogP contribution in [0.2, 0.25) is 0 Å². The first kappa shape index (κ1) is 14.5. The Morgan fingerprint density at radius 1 is 1.40 bits per heavy atom. The van der Waals surface area contributed by atoms with E-state index in [0.29, 0.717) is 19.6 Å². The molecule has 1 atom stereocenters. The van der Waals surface area contributed by atoms with E-state index in [1.165, 1.54) is 6.92 Å². The van der Waals surface area contributed by atoms with Crippen molar-refractivity contribution in [3.05, 3.63) is 29.8 Å². The van der Waals surface area contributed by atoms with Crippen LogP contribution in [0, 0.1) is 0 Å². The Bertz CT molecular complexity index is 487. The lowest BCUT2D eigenvalue weighted by Crippen LogP contribution is -2.54. The monoisotopic (exact) mass is 277 g/mol. The minimum atomic E-state index is -0.799. The summed E-state index contributed by atoms with van der Waals surface area (Å²) in [5.74, 6) is -0.905. The Morgan fingerprint density at radius 3 is 2.70 bits per heavy atom. The second kappa shape index (κ2) is 6.49. The SMILES string of the molecule is CC(=O)Nc1ccc(CN2CCNCC2C(=O)O)cc1. The predicted octanol–water partition coefficient (Wildman–Crippen LogP) is 0.503. The standard InChI is InChI=1S/C14H19N3O3/c1-10(18)16-12-4-2-11(3-5-12)9-17-7-6-15-8-13(17)14(19)20/h2-5,13,15H,6-9H2,1H3,(H,16,18)(H,19,20). The van der Waals surface area contributed by atoms with Gasteiger partial charge < -0.3 is 15.7 Å². The van der Waals surface area contributed by atoms with E-state index in [1.807, 2.05) is 29.2 Å². The molecule has 0 radical (unpaired) electrons. The normalized spacial score (nSPS) is 19.6. The van der Waals surface area contributed by atoms with Gasteiger partial charge in [0.2, 0.25) is 5.91 Å². The molecule has 1 aromatic rings. The Morgan fingerprint density at radius 2 is 2.10 bits per heavy atom. The first-order valence-electron chi connectivity index (χ1n) is 6.60. The first-order valence-corrected chi connectivity index (χ1v) is 6.60. The first-order chi connectivity index (χ1) is 9.56. The largest absolute Gasteiger partial charge is 0.480 e. The van der Waals surface area contributed by atoms with Crippen molar-refractivity contribution in [2.24, 2.45) is 0 Å². The smallest absolute Gasteiger partial charge is 0.322 e. The molecule has 1 aliphatic heterocycles. The van der Waals surface area contributed by atoms with Gasteiger partial charge in [0.15, 0.2) is 0 Å². The molecule has 20 heavy (non-hydrogen) atoms. The third kappa shape index (κ3) is 3.79. The molecule has 1 fully saturated rings. The van der Waals surface area contributed by atoms with Gasteiger partial charge in [0.25, 0.3) is 0 Å². The number of carbonyl (C=O) groups is 2. The van der Waals surface area contributed by atoms with E-state index >= 15 is 0 Å². The van der Waals surface area contributed by atoms with Crippen LogP contribution in [-0.4, -0.2) is 47.6 Å². The number of benzene rings is 1. The zero-order valence-corrected chi connectivity index (χ0v) is 11.4. The number of nitrogens with one attached hydrogen (secondary N) is 2. The summed E-state index contributed by atoms with van der Waals surface area (Å²) in [4.78, 5) is 24.1. The lowest BCUT2D eigenvalue weighted by molar-refractivity contribution is -0.144. The third-order valence-electron chi connectivity index (χ3n) is 3.30. The minimum absolute atomic E-state index is 0.106. The van der Waals surface area contributed by atoms with Crippen molar-refractivity contribution in [1.82, 2.24) is 10.2 Å². The summed E-state index contributed by atoms with van der Waals surface area (Å²) < 4.78 is 0. The van der Waals surface area contributed by atoms with Crippen molar-refractivity contribution >= 4 is 17.6 Å². The molecule has 1 aliphatic rings. The van der Waals surface area contributed by atoms with Gasteiger partial charge in [0, 0.05) is 38.8 Å². The number of nitrogens with zero attached hydrogens (tertiary/aromatic N) is 1. The molecule has 2 rings (SSSR count). The van der Waals surface area contributed by atoms with Crippen molar-refractivity contribution < 1.29 is 14.7 Å². The van der Waals surface area contributed by atoms with Crippen LogP contribution in [-0.2, 0) is 16.1 Å². The van der Waals surface area contributed by atoms with E-state index in [-0.39, 0.29) is 5.91 Å². The van der Waals surface area contributed by atoms with Crippen LogP contribution < -0.4 is 10.6 Å². The van der Waals surface area contributed by atoms with Gasteiger partial charge in [-0.3, -0.25) is 14.5 Å². The second-order valence-corrected chi connectivity index (χ2v) is 4.91. The number of anilines is 1. The molecule has 3 N–H and O–H groups in total. The Balaban J connectivity index is 2.01. The summed E-state index contributed by atoms with van der Waals surface area (Å²) in [7, 11) is 0. The maximum atomic E-state index is 11.2. The summed E-state index contributed by atoms with van der Waals surface area (Å²) in [6.45, 7) is 4.04. The number of hydrogen-bond donors (Lipinski definition) is 3. The second-order valence-electron chi connectivity index (χ2n) is 4.91. The van der Waals surface area contributed by atoms with Crippen LogP contribution >= 0.6 is 0 Å². The quantitative estimate of drug-likeness (QED) is 0.747. The summed E-state index contributed by atoms with van der Waals surface area (Å²) >= 11 is 0. The van der Waals surface area contributed by atoms with Crippen molar-refractivity contribution in [2.45, 2.75) is 19.5 Å². The molecule has 1 saturated heterocycles. The fraction of sp³-hybridized carbons (Fsp3) is 0.429. The fourth-order valence-corrected chi connectivity index (χ4v) is 2.31. The Hall–Kier alpha value is -1.92. The van der Waals surface area contributed by atoms with Crippen molar-refractivity contribution in [3.8, 4) is 0 Å². The topological polar surface area (TPSA) is 81.7 Å². The molecule has 0 saturated carbocycles. The van der Waals surface area contributed by atoms with Gasteiger partial charge in [-0.15, -0.1) is 0 Å². The van der Waals surface area contributed by atoms with Crippen LogP contribution in [0.3, 0.4) is 0 Å². The van der Waals surface area contributed by atoms with E-state index in [1.54, 1.807) is 0 Å². The lowest BCUT2D eigenvalue weighted by Gasteiger charge is -2.33. The van der Waals surface area contributed by atoms with E-state index in [4.69, 9.17) is 0 Å². The van der Waals surface area contributed by atoms with E-state index in [9.17, 15) is 14.7 Å². The average molecular weight is 277 g/mol. The highest BCUT2D eigenvalue weighted by Gasteiger charge is 2.27. The van der Waals surface area contributed by atoms with E-state index < -0.39 is 12.0 Å². The number of carboxylic acids is 1. The van der Waals surface area contributed by atoms with Crippen molar-refractivity contribution in [1.29, 1.82) is 0 Å². The average Bonchev–Trinajstić information content (AvgIpc) is 2.41. The predicted molar refractivity (Wildman–Crippen MR) is 75.4 cm³/mol. The van der Waals surface area contributed by atoms with Crippen molar-refractivity contribution in [3.63, 3.8) is 0 Å². The molecule has 0 aromatic heterocycles. The molecular formula is C14H19N3O3. The van der Waals surface area contributed by atoms with E-state index in [0.717, 1.165) is 17.8 Å². The van der Waals surface area contributed by atoms with Gasteiger partial charge >= 0.3 is 5.97 Å². The Labute approximate surface area is 117 Å². The number of rotatable bonds is 4. The van der Waals surface area contributed by atoms with Gasteiger partial charge in [-0.2, -0.15) is 0 Å². The highest BCUT2D eigenvalue weighted by molar-refractivity contribution is 5.88. The molecule has 0 spiro atoms. The maximum absolute atomic E-state index is 11.2. The fourth-order valence-electron chi connectivity index (χ4n) is 2.31. The summed E-state index contributed by atoms with van der Waals surface area (Å²) in [6, 6.07) is 6.99. The molecule has 0 bridgehead atoms. The van der Waals surface area contributed by atoms with Gasteiger partial charge in [-0.25, -0.2) is 0 Å². The number of carboxylic acid groups (broad SMARTS) is 1. The molecule has 1 aromatic carbocycles. The third-order valence-corrected chi connectivity index (χ3v) is 3.30. The van der Waals surface area contributed by atoms with Gasteiger partial charge in [-0.1, -0.05) is 12.1 Å². The summed E-state index contributed by atoms with van der Waals surface area (Å²) in [5.41, 5.74) is 1.78. The van der Waals surface area contributed by atoms with E-state index in [2.05, 4.69) is 10.6 Å². The molecule has 1 heterocycles. The van der Waals surface area contributed by atoms with Gasteiger partial charge in [0.05, 0.1) is 0 Å². The minimum Gasteiger partial charge on any atom is -0.480 e. The molecule has 6 heteroatoms. The van der Waals surface area contributed by atoms with Gasteiger partial charge in [0.1, 0.15) is 6.04 Å². The summed E-state index contributed by atoms with van der Waals surface area (Å²) in [5, 5.41) is 15.0. The van der Waals surface area contributed by atoms with Crippen LogP contribution in [0.15, 0.2) is 24.3 Å². The number of carbonyl (C=O) groups excluding carboxylic acids is 1.